The number of anilines is 1. The summed E-state index contributed by atoms with van der Waals surface area (Å²) in [7, 11) is 0. The normalized spacial score (nSPS) is 11.8. The number of hydrogen-bond donors (Lipinski definition) is 1. The van der Waals surface area contributed by atoms with Crippen LogP contribution in [0.2, 0.25) is 5.02 Å². The SMILES string of the molecule is CC(C)N(CC(=O)Nc1ccc(Cl)c(C(F)(F)F)c1)Cc1ccccc1. The minimum atomic E-state index is -4.57. The molecule has 2 aromatic rings. The van der Waals surface area contributed by atoms with Gasteiger partial charge in [0.05, 0.1) is 17.1 Å². The van der Waals surface area contributed by atoms with Crippen LogP contribution in [0.25, 0.3) is 0 Å². The molecule has 26 heavy (non-hydrogen) atoms. The van der Waals surface area contributed by atoms with Crippen molar-refractivity contribution in [2.75, 3.05) is 11.9 Å². The van der Waals surface area contributed by atoms with Gasteiger partial charge >= 0.3 is 6.18 Å². The Labute approximate surface area is 155 Å². The Morgan fingerprint density at radius 3 is 2.38 bits per heavy atom. The van der Waals surface area contributed by atoms with Gasteiger partial charge in [-0.2, -0.15) is 13.2 Å². The standard InChI is InChI=1S/C19H20ClF3N2O/c1-13(2)25(11-14-6-4-3-5-7-14)12-18(26)24-15-8-9-17(20)16(10-15)19(21,22)23/h3-10,13H,11-12H2,1-2H3,(H,24,26). The first-order chi connectivity index (χ1) is 12.2. The number of hydrogen-bond acceptors (Lipinski definition) is 2. The monoisotopic (exact) mass is 384 g/mol. The highest BCUT2D eigenvalue weighted by molar-refractivity contribution is 6.31. The molecule has 1 N–H and O–H groups in total. The Morgan fingerprint density at radius 1 is 1.15 bits per heavy atom. The number of alkyl halides is 3. The van der Waals surface area contributed by atoms with Gasteiger partial charge in [0.1, 0.15) is 0 Å². The molecular weight excluding hydrogens is 365 g/mol. The van der Waals surface area contributed by atoms with E-state index >= 15 is 0 Å². The maximum atomic E-state index is 12.9. The highest BCUT2D eigenvalue weighted by Crippen LogP contribution is 2.36. The molecular formula is C19H20ClF3N2O. The molecule has 0 unspecified atom stereocenters. The van der Waals surface area contributed by atoms with E-state index in [4.69, 9.17) is 11.6 Å². The van der Waals surface area contributed by atoms with E-state index in [9.17, 15) is 18.0 Å². The quantitative estimate of drug-likeness (QED) is 0.741. The summed E-state index contributed by atoms with van der Waals surface area (Å²) in [5, 5.41) is 2.11. The molecule has 0 fully saturated rings. The van der Waals surface area contributed by atoms with Crippen molar-refractivity contribution in [3.05, 3.63) is 64.7 Å². The molecule has 0 heterocycles. The van der Waals surface area contributed by atoms with Gasteiger partial charge in [0.25, 0.3) is 0 Å². The molecule has 0 saturated heterocycles. The van der Waals surface area contributed by atoms with Crippen molar-refractivity contribution in [3.63, 3.8) is 0 Å². The molecule has 0 spiro atoms. The lowest BCUT2D eigenvalue weighted by molar-refractivity contribution is -0.137. The molecule has 0 saturated carbocycles. The van der Waals surface area contributed by atoms with Crippen LogP contribution in [0.3, 0.4) is 0 Å². The van der Waals surface area contributed by atoms with Gasteiger partial charge in [0.2, 0.25) is 5.91 Å². The summed E-state index contributed by atoms with van der Waals surface area (Å²) in [5.41, 5.74) is 0.150. The average molecular weight is 385 g/mol. The fourth-order valence-corrected chi connectivity index (χ4v) is 2.67. The largest absolute Gasteiger partial charge is 0.417 e. The van der Waals surface area contributed by atoms with Gasteiger partial charge < -0.3 is 5.32 Å². The maximum absolute atomic E-state index is 12.9. The summed E-state index contributed by atoms with van der Waals surface area (Å²) >= 11 is 5.59. The van der Waals surface area contributed by atoms with Crippen molar-refractivity contribution in [3.8, 4) is 0 Å². The van der Waals surface area contributed by atoms with E-state index in [1.54, 1.807) is 0 Å². The molecule has 0 atom stereocenters. The molecule has 7 heteroatoms. The lowest BCUT2D eigenvalue weighted by atomic mass is 10.1. The molecule has 3 nitrogen and oxygen atoms in total. The van der Waals surface area contributed by atoms with Crippen LogP contribution in [0.4, 0.5) is 18.9 Å². The van der Waals surface area contributed by atoms with Gasteiger partial charge in [-0.25, -0.2) is 0 Å². The summed E-state index contributed by atoms with van der Waals surface area (Å²) in [4.78, 5) is 14.2. The number of halogens is 4. The summed E-state index contributed by atoms with van der Waals surface area (Å²) in [6.45, 7) is 4.55. The number of amides is 1. The van der Waals surface area contributed by atoms with Crippen LogP contribution in [0, 0.1) is 0 Å². The molecule has 2 aromatic carbocycles. The first kappa shape index (κ1) is 20.3. The number of nitrogens with zero attached hydrogens (tertiary/aromatic N) is 1. The summed E-state index contributed by atoms with van der Waals surface area (Å²) < 4.78 is 38.8. The third-order valence-electron chi connectivity index (χ3n) is 3.86. The number of carbonyl (C=O) groups excluding carboxylic acids is 1. The van der Waals surface area contributed by atoms with E-state index in [2.05, 4.69) is 5.32 Å². The zero-order chi connectivity index (χ0) is 19.3. The Balaban J connectivity index is 2.06. The summed E-state index contributed by atoms with van der Waals surface area (Å²) in [6.07, 6.45) is -4.57. The molecule has 0 aliphatic heterocycles. The molecule has 0 aliphatic carbocycles. The number of rotatable bonds is 6. The predicted molar refractivity (Wildman–Crippen MR) is 97.1 cm³/mol. The molecule has 140 valence electrons. The van der Waals surface area contributed by atoms with E-state index in [1.165, 1.54) is 6.07 Å². The second kappa shape index (κ2) is 8.56. The third kappa shape index (κ3) is 5.75. The fraction of sp³-hybridized carbons (Fsp3) is 0.316. The minimum absolute atomic E-state index is 0.0649. The van der Waals surface area contributed by atoms with Crippen molar-refractivity contribution in [1.82, 2.24) is 4.90 Å². The van der Waals surface area contributed by atoms with Crippen LogP contribution in [-0.2, 0) is 17.5 Å². The zero-order valence-electron chi connectivity index (χ0n) is 14.5. The number of nitrogens with one attached hydrogen (secondary N) is 1. The first-order valence-corrected chi connectivity index (χ1v) is 8.49. The van der Waals surface area contributed by atoms with Crippen LogP contribution in [0.1, 0.15) is 25.0 Å². The van der Waals surface area contributed by atoms with Gasteiger partial charge in [-0.3, -0.25) is 9.69 Å². The Hall–Kier alpha value is -2.05. The summed E-state index contributed by atoms with van der Waals surface area (Å²) in [5.74, 6) is -0.384. The van der Waals surface area contributed by atoms with Crippen LogP contribution in [0.5, 0.6) is 0 Å². The van der Waals surface area contributed by atoms with E-state index in [1.807, 2.05) is 49.1 Å². The molecule has 0 radical (unpaired) electrons. The Bertz CT molecular complexity index is 748. The smallest absolute Gasteiger partial charge is 0.325 e. The van der Waals surface area contributed by atoms with Crippen LogP contribution >= 0.6 is 11.6 Å². The molecule has 0 aliphatic rings. The van der Waals surface area contributed by atoms with Gasteiger partial charge in [0, 0.05) is 18.3 Å². The number of benzene rings is 2. The van der Waals surface area contributed by atoms with Gasteiger partial charge in [-0.15, -0.1) is 0 Å². The van der Waals surface area contributed by atoms with E-state index in [-0.39, 0.29) is 24.2 Å². The van der Waals surface area contributed by atoms with Gasteiger partial charge in [0.15, 0.2) is 0 Å². The van der Waals surface area contributed by atoms with Crippen molar-refractivity contribution in [2.24, 2.45) is 0 Å². The van der Waals surface area contributed by atoms with Gasteiger partial charge in [-0.05, 0) is 37.6 Å². The average Bonchev–Trinajstić information content (AvgIpc) is 2.56. The Kier molecular flexibility index (Phi) is 6.67. The maximum Gasteiger partial charge on any atom is 0.417 e. The van der Waals surface area contributed by atoms with Crippen LogP contribution < -0.4 is 5.32 Å². The lowest BCUT2D eigenvalue weighted by Gasteiger charge is -2.26. The first-order valence-electron chi connectivity index (χ1n) is 8.11. The molecule has 2 rings (SSSR count). The molecule has 0 aromatic heterocycles. The van der Waals surface area contributed by atoms with Crippen molar-refractivity contribution in [2.45, 2.75) is 32.6 Å². The number of carbonyl (C=O) groups is 1. The summed E-state index contributed by atoms with van der Waals surface area (Å²) in [6, 6.07) is 13.1. The van der Waals surface area contributed by atoms with Crippen molar-refractivity contribution in [1.29, 1.82) is 0 Å². The van der Waals surface area contributed by atoms with Crippen LogP contribution in [-0.4, -0.2) is 23.4 Å². The lowest BCUT2D eigenvalue weighted by Crippen LogP contribution is -2.37. The molecule has 0 bridgehead atoms. The zero-order valence-corrected chi connectivity index (χ0v) is 15.2. The van der Waals surface area contributed by atoms with E-state index in [0.717, 1.165) is 17.7 Å². The molecule has 1 amide bonds. The van der Waals surface area contributed by atoms with E-state index in [0.29, 0.717) is 6.54 Å². The van der Waals surface area contributed by atoms with Gasteiger partial charge in [-0.1, -0.05) is 41.9 Å². The highest BCUT2D eigenvalue weighted by Gasteiger charge is 2.33. The highest BCUT2D eigenvalue weighted by atomic mass is 35.5. The third-order valence-corrected chi connectivity index (χ3v) is 4.19. The van der Waals surface area contributed by atoms with Crippen molar-refractivity contribution >= 4 is 23.2 Å². The second-order valence-corrected chi connectivity index (χ2v) is 6.63. The van der Waals surface area contributed by atoms with Crippen molar-refractivity contribution < 1.29 is 18.0 Å². The predicted octanol–water partition coefficient (Wildman–Crippen LogP) is 5.21. The second-order valence-electron chi connectivity index (χ2n) is 6.22. The van der Waals surface area contributed by atoms with E-state index < -0.39 is 16.8 Å². The van der Waals surface area contributed by atoms with Crippen LogP contribution in [0.15, 0.2) is 48.5 Å². The Morgan fingerprint density at radius 2 is 1.81 bits per heavy atom. The minimum Gasteiger partial charge on any atom is -0.325 e. The topological polar surface area (TPSA) is 32.3 Å². The fourth-order valence-electron chi connectivity index (χ4n) is 2.44.